The van der Waals surface area contributed by atoms with Gasteiger partial charge in [0.1, 0.15) is 23.0 Å². The highest BCUT2D eigenvalue weighted by Gasteiger charge is 2.32. The van der Waals surface area contributed by atoms with Crippen LogP contribution in [0.15, 0.2) is 72.8 Å². The average Bonchev–Trinajstić information content (AvgIpc) is 3.07. The predicted octanol–water partition coefficient (Wildman–Crippen LogP) is 8.86. The van der Waals surface area contributed by atoms with Crippen molar-refractivity contribution >= 4 is 38.8 Å². The first kappa shape index (κ1) is 44.2. The van der Waals surface area contributed by atoms with Crippen LogP contribution in [-0.4, -0.2) is 44.5 Å². The SMILES string of the molecule is CCOc1cc([SiH](O[SiH](c2cc(OCC)cc(C(C)(C)C)c2)c2cc(OCC)cc(C(C)(C)C)c2)c2cc(OCC)cc(C(C)(C)C)c2)cc(C(C)(C)C)c1. The van der Waals surface area contributed by atoms with Crippen LogP contribution in [0, 0.1) is 0 Å². The van der Waals surface area contributed by atoms with Crippen LogP contribution in [0.2, 0.25) is 0 Å². The summed E-state index contributed by atoms with van der Waals surface area (Å²) in [5.74, 6) is 3.51. The second kappa shape index (κ2) is 17.7. The van der Waals surface area contributed by atoms with Crippen LogP contribution in [0.3, 0.4) is 0 Å². The maximum Gasteiger partial charge on any atom is 0.229 e. The summed E-state index contributed by atoms with van der Waals surface area (Å²) < 4.78 is 33.2. The number of hydrogen-bond donors (Lipinski definition) is 0. The van der Waals surface area contributed by atoms with E-state index >= 15 is 0 Å². The van der Waals surface area contributed by atoms with Crippen molar-refractivity contribution in [2.45, 2.75) is 132 Å². The van der Waals surface area contributed by atoms with Crippen molar-refractivity contribution in [2.24, 2.45) is 0 Å². The minimum atomic E-state index is -2.51. The molecule has 5 nitrogen and oxygen atoms in total. The van der Waals surface area contributed by atoms with Gasteiger partial charge in [-0.1, -0.05) is 107 Å². The van der Waals surface area contributed by atoms with Crippen LogP contribution in [-0.2, 0) is 25.8 Å². The Kier molecular flexibility index (Phi) is 14.2. The molecule has 0 amide bonds. The molecule has 0 saturated carbocycles. The molecule has 4 aromatic rings. The van der Waals surface area contributed by atoms with Crippen molar-refractivity contribution in [2.75, 3.05) is 26.4 Å². The predicted molar refractivity (Wildman–Crippen MR) is 239 cm³/mol. The van der Waals surface area contributed by atoms with Crippen molar-refractivity contribution in [3.8, 4) is 23.0 Å². The lowest BCUT2D eigenvalue weighted by molar-refractivity contribution is 0.339. The zero-order chi connectivity index (χ0) is 40.9. The van der Waals surface area contributed by atoms with Gasteiger partial charge in [0.2, 0.25) is 18.1 Å². The molecule has 4 aromatic carbocycles. The van der Waals surface area contributed by atoms with Gasteiger partial charge in [-0.3, -0.25) is 0 Å². The van der Waals surface area contributed by atoms with Gasteiger partial charge >= 0.3 is 0 Å². The Morgan fingerprint density at radius 2 is 0.527 bits per heavy atom. The minimum Gasteiger partial charge on any atom is -0.494 e. The fraction of sp³-hybridized carbons (Fsp3) is 0.500. The number of ether oxygens (including phenoxy) is 4. The molecule has 0 aliphatic rings. The van der Waals surface area contributed by atoms with Crippen LogP contribution in [0.4, 0.5) is 0 Å². The lowest BCUT2D eigenvalue weighted by Gasteiger charge is -2.31. The second-order valence-corrected chi connectivity index (χ2v) is 24.1. The number of benzene rings is 4. The van der Waals surface area contributed by atoms with Gasteiger partial charge in [-0.25, -0.2) is 0 Å². The summed E-state index contributed by atoms with van der Waals surface area (Å²) in [6.45, 7) is 37.8. The van der Waals surface area contributed by atoms with Gasteiger partial charge in [-0.2, -0.15) is 0 Å². The Hall–Kier alpha value is -3.53. The molecule has 0 unspecified atom stereocenters. The third-order valence-electron chi connectivity index (χ3n) is 9.91. The zero-order valence-corrected chi connectivity index (χ0v) is 39.3. The summed E-state index contributed by atoms with van der Waals surface area (Å²) in [5.41, 5.74) is 4.53. The van der Waals surface area contributed by atoms with Crippen LogP contribution in [0.25, 0.3) is 0 Å². The first-order valence-corrected chi connectivity index (χ1v) is 23.6. The van der Waals surface area contributed by atoms with Crippen molar-refractivity contribution in [1.29, 1.82) is 0 Å². The maximum absolute atomic E-state index is 8.05. The van der Waals surface area contributed by atoms with Gasteiger partial charge in [0.25, 0.3) is 0 Å². The van der Waals surface area contributed by atoms with E-state index in [2.05, 4.69) is 184 Å². The van der Waals surface area contributed by atoms with Crippen molar-refractivity contribution < 1.29 is 23.1 Å². The third kappa shape index (κ3) is 11.7. The summed E-state index contributed by atoms with van der Waals surface area (Å²) >= 11 is 0. The third-order valence-corrected chi connectivity index (χ3v) is 15.8. The van der Waals surface area contributed by atoms with Crippen molar-refractivity contribution in [1.82, 2.24) is 0 Å². The van der Waals surface area contributed by atoms with Gasteiger partial charge in [0.15, 0.2) is 0 Å². The maximum atomic E-state index is 8.05. The first-order chi connectivity index (χ1) is 25.6. The molecule has 0 spiro atoms. The van der Waals surface area contributed by atoms with Crippen LogP contribution in [0.1, 0.15) is 133 Å². The molecular weight excluding hydrogens is 713 g/mol. The molecule has 0 fully saturated rings. The fourth-order valence-electron chi connectivity index (χ4n) is 6.66. The van der Waals surface area contributed by atoms with E-state index in [0.717, 1.165) is 23.0 Å². The van der Waals surface area contributed by atoms with E-state index in [1.165, 1.54) is 43.0 Å². The Morgan fingerprint density at radius 1 is 0.327 bits per heavy atom. The summed E-state index contributed by atoms with van der Waals surface area (Å²) in [6.07, 6.45) is 0. The zero-order valence-electron chi connectivity index (χ0n) is 37.0. The van der Waals surface area contributed by atoms with Gasteiger partial charge < -0.3 is 23.1 Å². The quantitative estimate of drug-likeness (QED) is 0.120. The molecule has 0 aromatic heterocycles. The van der Waals surface area contributed by atoms with E-state index in [9.17, 15) is 0 Å². The Bertz CT molecular complexity index is 1620. The lowest BCUT2D eigenvalue weighted by atomic mass is 9.87. The van der Waals surface area contributed by atoms with E-state index in [4.69, 9.17) is 23.1 Å². The summed E-state index contributed by atoms with van der Waals surface area (Å²) in [4.78, 5) is 0. The molecular formula is C48H70O5Si2. The Morgan fingerprint density at radius 3 is 0.691 bits per heavy atom. The van der Waals surface area contributed by atoms with Crippen molar-refractivity contribution in [3.63, 3.8) is 0 Å². The molecule has 0 saturated heterocycles. The summed E-state index contributed by atoms with van der Waals surface area (Å²) in [5, 5.41) is 4.76. The molecule has 55 heavy (non-hydrogen) atoms. The molecule has 0 radical (unpaired) electrons. The first-order valence-electron chi connectivity index (χ1n) is 20.4. The molecule has 0 bridgehead atoms. The molecule has 0 aliphatic heterocycles. The van der Waals surface area contributed by atoms with Crippen molar-refractivity contribution in [3.05, 3.63) is 95.1 Å². The van der Waals surface area contributed by atoms with Gasteiger partial charge in [0.05, 0.1) is 26.4 Å². The Labute approximate surface area is 337 Å². The van der Waals surface area contributed by atoms with Crippen LogP contribution < -0.4 is 39.7 Å². The summed E-state index contributed by atoms with van der Waals surface area (Å²) in [7, 11) is -5.03. The smallest absolute Gasteiger partial charge is 0.229 e. The van der Waals surface area contributed by atoms with E-state index in [1.807, 2.05) is 0 Å². The van der Waals surface area contributed by atoms with E-state index < -0.39 is 18.1 Å². The minimum absolute atomic E-state index is 0.0950. The molecule has 0 atom stereocenters. The normalized spacial score (nSPS) is 12.7. The van der Waals surface area contributed by atoms with Gasteiger partial charge in [-0.05, 0) is 141 Å². The molecule has 4 rings (SSSR count). The topological polar surface area (TPSA) is 46.2 Å². The van der Waals surface area contributed by atoms with Crippen LogP contribution in [0.5, 0.6) is 23.0 Å². The average molecular weight is 783 g/mol. The highest BCUT2D eigenvalue weighted by Crippen LogP contribution is 2.30. The molecule has 0 N–H and O–H groups in total. The van der Waals surface area contributed by atoms with Crippen LogP contribution >= 0.6 is 0 Å². The standard InChI is InChI=1S/C48H70O5Si2/c1-17-49-37-21-33(45(5,6)7)25-41(29-37)54(42-26-34(46(8,9)10)22-38(30-42)50-18-2)53-55(43-27-35(47(11,12)13)23-39(31-43)51-19-3)44-28-36(48(14,15)16)24-40(32-44)52-20-4/h21-32,54-55H,17-20H2,1-16H3. The number of rotatable bonds is 14. The monoisotopic (exact) mass is 782 g/mol. The molecule has 7 heteroatoms. The van der Waals surface area contributed by atoms with E-state index in [1.54, 1.807) is 0 Å². The molecule has 0 aliphatic carbocycles. The Balaban J connectivity index is 2.17. The molecule has 300 valence electrons. The van der Waals surface area contributed by atoms with E-state index in [0.29, 0.717) is 26.4 Å². The number of hydrogen-bond acceptors (Lipinski definition) is 5. The highest BCUT2D eigenvalue weighted by atomic mass is 28.4. The largest absolute Gasteiger partial charge is 0.494 e. The van der Waals surface area contributed by atoms with E-state index in [-0.39, 0.29) is 21.7 Å². The lowest BCUT2D eigenvalue weighted by Crippen LogP contribution is -2.56. The van der Waals surface area contributed by atoms with Gasteiger partial charge in [-0.15, -0.1) is 0 Å². The fourth-order valence-corrected chi connectivity index (χ4v) is 13.6. The molecule has 0 heterocycles. The second-order valence-electron chi connectivity index (χ2n) is 18.8. The highest BCUT2D eigenvalue weighted by molar-refractivity contribution is 6.92. The summed E-state index contributed by atoms with van der Waals surface area (Å²) in [6, 6.07) is 27.3. The van der Waals surface area contributed by atoms with Gasteiger partial charge in [0, 0.05) is 0 Å².